The van der Waals surface area contributed by atoms with Crippen molar-refractivity contribution < 1.29 is 24.2 Å². The van der Waals surface area contributed by atoms with Crippen LogP contribution in [0.3, 0.4) is 0 Å². The van der Waals surface area contributed by atoms with Crippen molar-refractivity contribution in [3.63, 3.8) is 0 Å². The Balaban J connectivity index is 1.85. The molecule has 0 saturated heterocycles. The normalized spacial score (nSPS) is 10.3. The molecule has 0 aliphatic rings. The predicted octanol–water partition coefficient (Wildman–Crippen LogP) is 3.38. The molecular weight excluding hydrogens is 346 g/mol. The molecule has 0 fully saturated rings. The van der Waals surface area contributed by atoms with Crippen LogP contribution < -0.4 is 9.47 Å². The third-order valence-electron chi connectivity index (χ3n) is 4.38. The lowest BCUT2D eigenvalue weighted by atomic mass is 10.1. The Bertz CT molecular complexity index is 786. The number of aromatic carboxylic acids is 1. The molecule has 27 heavy (non-hydrogen) atoms. The molecule has 0 spiro atoms. The maximum absolute atomic E-state index is 12.3. The predicted molar refractivity (Wildman–Crippen MR) is 102 cm³/mol. The molecule has 2 rings (SSSR count). The zero-order valence-corrected chi connectivity index (χ0v) is 15.9. The van der Waals surface area contributed by atoms with Crippen molar-refractivity contribution in [1.82, 2.24) is 4.90 Å². The van der Waals surface area contributed by atoms with Crippen LogP contribution >= 0.6 is 0 Å². The molecule has 6 heteroatoms. The highest BCUT2D eigenvalue weighted by atomic mass is 16.5. The molecule has 0 aliphatic carbocycles. The maximum Gasteiger partial charge on any atom is 0.335 e. The summed E-state index contributed by atoms with van der Waals surface area (Å²) >= 11 is 0. The lowest BCUT2D eigenvalue weighted by Gasteiger charge is -2.17. The highest BCUT2D eigenvalue weighted by molar-refractivity contribution is 5.87. The molecule has 1 amide bonds. The number of amides is 1. The van der Waals surface area contributed by atoms with Crippen molar-refractivity contribution >= 4 is 11.9 Å². The smallest absolute Gasteiger partial charge is 0.335 e. The van der Waals surface area contributed by atoms with Gasteiger partial charge in [-0.1, -0.05) is 18.2 Å². The Morgan fingerprint density at radius 1 is 1.04 bits per heavy atom. The quantitative estimate of drug-likeness (QED) is 0.731. The third-order valence-corrected chi connectivity index (χ3v) is 4.38. The van der Waals surface area contributed by atoms with Gasteiger partial charge in [0.1, 0.15) is 11.5 Å². The summed E-state index contributed by atoms with van der Waals surface area (Å²) in [5.41, 5.74) is 2.17. The average Bonchev–Trinajstić information content (AvgIpc) is 2.68. The van der Waals surface area contributed by atoms with Gasteiger partial charge in [-0.25, -0.2) is 4.79 Å². The topological polar surface area (TPSA) is 76.1 Å². The molecule has 1 N–H and O–H groups in total. The molecule has 144 valence electrons. The van der Waals surface area contributed by atoms with Gasteiger partial charge in [0.2, 0.25) is 5.91 Å². The summed E-state index contributed by atoms with van der Waals surface area (Å²) in [7, 11) is 4.98. The van der Waals surface area contributed by atoms with Crippen LogP contribution in [0.4, 0.5) is 0 Å². The number of hydrogen-bond acceptors (Lipinski definition) is 4. The Hall–Kier alpha value is -3.02. The summed E-state index contributed by atoms with van der Waals surface area (Å²) in [5.74, 6) is 0.582. The average molecular weight is 371 g/mol. The van der Waals surface area contributed by atoms with E-state index >= 15 is 0 Å². The molecule has 0 aliphatic heterocycles. The lowest BCUT2D eigenvalue weighted by Crippen LogP contribution is -2.26. The Morgan fingerprint density at radius 3 is 2.33 bits per heavy atom. The first kappa shape index (κ1) is 20.3. The van der Waals surface area contributed by atoms with Crippen LogP contribution in [-0.2, 0) is 17.8 Å². The number of benzene rings is 2. The fourth-order valence-electron chi connectivity index (χ4n) is 2.79. The maximum atomic E-state index is 12.3. The van der Waals surface area contributed by atoms with Gasteiger partial charge < -0.3 is 19.5 Å². The molecule has 0 radical (unpaired) electrons. The summed E-state index contributed by atoms with van der Waals surface area (Å²) in [6, 6.07) is 12.2. The summed E-state index contributed by atoms with van der Waals surface area (Å²) in [6.07, 6.45) is 1.88. The van der Waals surface area contributed by atoms with Crippen LogP contribution in [0, 0.1) is 0 Å². The van der Waals surface area contributed by atoms with Gasteiger partial charge >= 0.3 is 5.97 Å². The summed E-state index contributed by atoms with van der Waals surface area (Å²) < 4.78 is 10.6. The fraction of sp³-hybridized carbons (Fsp3) is 0.333. The van der Waals surface area contributed by atoms with Gasteiger partial charge in [0.05, 0.1) is 19.8 Å². The number of carbonyl (C=O) groups is 2. The zero-order valence-electron chi connectivity index (χ0n) is 15.9. The lowest BCUT2D eigenvalue weighted by molar-refractivity contribution is -0.130. The van der Waals surface area contributed by atoms with E-state index in [0.29, 0.717) is 19.4 Å². The molecule has 6 nitrogen and oxygen atoms in total. The highest BCUT2D eigenvalue weighted by Gasteiger charge is 2.11. The van der Waals surface area contributed by atoms with Crippen LogP contribution in [0.5, 0.6) is 11.5 Å². The van der Waals surface area contributed by atoms with Crippen LogP contribution in [0.1, 0.15) is 34.3 Å². The molecular formula is C21H25NO5. The van der Waals surface area contributed by atoms with E-state index < -0.39 is 5.97 Å². The Morgan fingerprint density at radius 2 is 1.74 bits per heavy atom. The van der Waals surface area contributed by atoms with E-state index in [2.05, 4.69) is 0 Å². The first-order chi connectivity index (χ1) is 12.9. The molecule has 2 aromatic rings. The fourth-order valence-corrected chi connectivity index (χ4v) is 2.79. The number of aryl methyl sites for hydroxylation is 1. The minimum Gasteiger partial charge on any atom is -0.497 e. The van der Waals surface area contributed by atoms with Crippen molar-refractivity contribution in [2.45, 2.75) is 25.8 Å². The largest absolute Gasteiger partial charge is 0.497 e. The number of methoxy groups -OCH3 is 2. The number of carbonyl (C=O) groups excluding carboxylic acids is 1. The summed E-state index contributed by atoms with van der Waals surface area (Å²) in [4.78, 5) is 24.9. The number of carboxylic acids is 1. The van der Waals surface area contributed by atoms with E-state index in [9.17, 15) is 9.59 Å². The Kier molecular flexibility index (Phi) is 7.23. The van der Waals surface area contributed by atoms with Crippen molar-refractivity contribution in [3.8, 4) is 11.5 Å². The molecule has 0 bridgehead atoms. The standard InChI is InChI=1S/C21H25NO5/c1-22(14-15-7-9-17(10-8-15)21(24)25)20(23)6-4-5-16-11-12-18(26-2)13-19(16)27-3/h7-13H,4-6,14H2,1-3H3,(H,24,25). The minimum absolute atomic E-state index is 0.0461. The van der Waals surface area contributed by atoms with E-state index in [0.717, 1.165) is 29.0 Å². The SMILES string of the molecule is COc1ccc(CCCC(=O)N(C)Cc2ccc(C(=O)O)cc2)c(OC)c1. The number of carboxylic acid groups (broad SMARTS) is 1. The number of ether oxygens (including phenoxy) is 2. The second-order valence-electron chi connectivity index (χ2n) is 6.28. The van der Waals surface area contributed by atoms with Gasteiger partial charge in [0, 0.05) is 26.1 Å². The molecule has 0 aromatic heterocycles. The van der Waals surface area contributed by atoms with Gasteiger partial charge in [-0.05, 0) is 42.2 Å². The van der Waals surface area contributed by atoms with Gasteiger partial charge in [0.25, 0.3) is 0 Å². The van der Waals surface area contributed by atoms with Crippen molar-refractivity contribution in [2.24, 2.45) is 0 Å². The summed E-state index contributed by atoms with van der Waals surface area (Å²) in [5, 5.41) is 8.92. The molecule has 0 unspecified atom stereocenters. The van der Waals surface area contributed by atoms with E-state index in [-0.39, 0.29) is 11.5 Å². The van der Waals surface area contributed by atoms with Gasteiger partial charge in [-0.15, -0.1) is 0 Å². The monoisotopic (exact) mass is 371 g/mol. The first-order valence-corrected chi connectivity index (χ1v) is 8.71. The second-order valence-corrected chi connectivity index (χ2v) is 6.28. The van der Waals surface area contributed by atoms with Crippen LogP contribution in [0.25, 0.3) is 0 Å². The minimum atomic E-state index is -0.958. The van der Waals surface area contributed by atoms with Crippen molar-refractivity contribution in [2.75, 3.05) is 21.3 Å². The number of rotatable bonds is 9. The Labute approximate surface area is 159 Å². The number of nitrogens with zero attached hydrogens (tertiary/aromatic N) is 1. The van der Waals surface area contributed by atoms with Crippen LogP contribution in [-0.4, -0.2) is 43.2 Å². The van der Waals surface area contributed by atoms with Gasteiger partial charge in [-0.3, -0.25) is 4.79 Å². The third kappa shape index (κ3) is 5.74. The van der Waals surface area contributed by atoms with E-state index in [1.54, 1.807) is 50.4 Å². The van der Waals surface area contributed by atoms with E-state index in [1.807, 2.05) is 18.2 Å². The van der Waals surface area contributed by atoms with Crippen molar-refractivity contribution in [3.05, 3.63) is 59.2 Å². The first-order valence-electron chi connectivity index (χ1n) is 8.71. The number of hydrogen-bond donors (Lipinski definition) is 1. The zero-order chi connectivity index (χ0) is 19.8. The molecule has 0 heterocycles. The van der Waals surface area contributed by atoms with E-state index in [1.165, 1.54) is 0 Å². The van der Waals surface area contributed by atoms with Crippen molar-refractivity contribution in [1.29, 1.82) is 0 Å². The van der Waals surface area contributed by atoms with Gasteiger partial charge in [-0.2, -0.15) is 0 Å². The second kappa shape index (κ2) is 9.62. The van der Waals surface area contributed by atoms with Gasteiger partial charge in [0.15, 0.2) is 0 Å². The highest BCUT2D eigenvalue weighted by Crippen LogP contribution is 2.26. The van der Waals surface area contributed by atoms with E-state index in [4.69, 9.17) is 14.6 Å². The van der Waals surface area contributed by atoms with Crippen LogP contribution in [0.15, 0.2) is 42.5 Å². The van der Waals surface area contributed by atoms with Crippen LogP contribution in [0.2, 0.25) is 0 Å². The summed E-state index contributed by atoms with van der Waals surface area (Å²) in [6.45, 7) is 0.449. The molecule has 2 aromatic carbocycles. The molecule has 0 saturated carbocycles. The molecule has 0 atom stereocenters.